The van der Waals surface area contributed by atoms with Gasteiger partial charge in [-0.3, -0.25) is 4.79 Å². The number of sulfone groups is 1. The van der Waals surface area contributed by atoms with E-state index in [1.807, 2.05) is 0 Å². The van der Waals surface area contributed by atoms with Gasteiger partial charge >= 0.3 is 0 Å². The SMILES string of the molecule is Cn1c(=NC(=O)CS(=O)(=O)Cc2ccccc2)sc2ccc(Cl)c(Cl)c21. The number of hydrogen-bond donors (Lipinski definition) is 0. The van der Waals surface area contributed by atoms with Crippen molar-refractivity contribution in [3.05, 3.63) is 62.9 Å². The fraction of sp³-hybridized carbons (Fsp3) is 0.176. The van der Waals surface area contributed by atoms with Gasteiger partial charge in [0.2, 0.25) is 0 Å². The highest BCUT2D eigenvalue weighted by Gasteiger charge is 2.18. The van der Waals surface area contributed by atoms with E-state index in [1.165, 1.54) is 11.3 Å². The van der Waals surface area contributed by atoms with Crippen molar-refractivity contribution < 1.29 is 13.2 Å². The van der Waals surface area contributed by atoms with Crippen LogP contribution in [-0.2, 0) is 27.4 Å². The topological polar surface area (TPSA) is 68.5 Å². The molecule has 2 aromatic carbocycles. The van der Waals surface area contributed by atoms with Gasteiger partial charge in [0.1, 0.15) is 5.75 Å². The zero-order valence-corrected chi connectivity index (χ0v) is 16.8. The van der Waals surface area contributed by atoms with E-state index in [0.29, 0.717) is 25.9 Å². The first kappa shape index (κ1) is 19.1. The van der Waals surface area contributed by atoms with E-state index in [9.17, 15) is 13.2 Å². The molecule has 1 aromatic heterocycles. The van der Waals surface area contributed by atoms with E-state index in [2.05, 4.69) is 4.99 Å². The number of hydrogen-bond acceptors (Lipinski definition) is 4. The van der Waals surface area contributed by atoms with E-state index in [-0.39, 0.29) is 5.75 Å². The summed E-state index contributed by atoms with van der Waals surface area (Å²) in [5.41, 5.74) is 1.29. The molecule has 0 aliphatic carbocycles. The zero-order chi connectivity index (χ0) is 18.9. The second kappa shape index (κ2) is 7.52. The zero-order valence-electron chi connectivity index (χ0n) is 13.6. The lowest BCUT2D eigenvalue weighted by atomic mass is 10.2. The predicted molar refractivity (Wildman–Crippen MR) is 105 cm³/mol. The average Bonchev–Trinajstić information content (AvgIpc) is 2.87. The molecule has 26 heavy (non-hydrogen) atoms. The van der Waals surface area contributed by atoms with Gasteiger partial charge in [-0.1, -0.05) is 64.9 Å². The van der Waals surface area contributed by atoms with Crippen molar-refractivity contribution in [2.75, 3.05) is 5.75 Å². The Hall–Kier alpha value is -1.67. The number of carbonyl (C=O) groups is 1. The molecular formula is C17H14Cl2N2O3S2. The monoisotopic (exact) mass is 428 g/mol. The molecule has 0 N–H and O–H groups in total. The second-order valence-electron chi connectivity index (χ2n) is 5.68. The summed E-state index contributed by atoms with van der Waals surface area (Å²) in [6.07, 6.45) is 0. The van der Waals surface area contributed by atoms with Crippen molar-refractivity contribution >= 4 is 60.5 Å². The Morgan fingerprint density at radius 2 is 1.85 bits per heavy atom. The highest BCUT2D eigenvalue weighted by Crippen LogP contribution is 2.31. The second-order valence-corrected chi connectivity index (χ2v) is 9.53. The molecular weight excluding hydrogens is 415 g/mol. The molecule has 0 unspecified atom stereocenters. The first-order chi connectivity index (χ1) is 12.3. The van der Waals surface area contributed by atoms with Gasteiger partial charge in [-0.15, -0.1) is 0 Å². The van der Waals surface area contributed by atoms with Gasteiger partial charge in [0.05, 0.1) is 26.0 Å². The van der Waals surface area contributed by atoms with Crippen LogP contribution in [0.25, 0.3) is 10.2 Å². The Labute approximate surface area is 164 Å². The van der Waals surface area contributed by atoms with Crippen molar-refractivity contribution in [3.8, 4) is 0 Å². The smallest absolute Gasteiger partial charge is 0.263 e. The Balaban J connectivity index is 1.88. The molecule has 5 nitrogen and oxygen atoms in total. The summed E-state index contributed by atoms with van der Waals surface area (Å²) in [4.78, 5) is 16.5. The number of benzene rings is 2. The minimum absolute atomic E-state index is 0.199. The lowest BCUT2D eigenvalue weighted by molar-refractivity contribution is -0.115. The number of halogens is 2. The molecule has 0 saturated carbocycles. The maximum Gasteiger partial charge on any atom is 0.263 e. The standard InChI is InChI=1S/C17H14Cl2N2O3S2/c1-21-16-13(8-7-12(18)15(16)19)25-17(21)20-14(22)10-26(23,24)9-11-5-3-2-4-6-11/h2-8H,9-10H2,1H3. The van der Waals surface area contributed by atoms with Crippen molar-refractivity contribution in [2.24, 2.45) is 12.0 Å². The molecule has 3 aromatic rings. The number of nitrogens with zero attached hydrogens (tertiary/aromatic N) is 2. The van der Waals surface area contributed by atoms with Crippen LogP contribution >= 0.6 is 34.5 Å². The highest BCUT2D eigenvalue weighted by molar-refractivity contribution is 7.91. The van der Waals surface area contributed by atoms with Crippen LogP contribution in [0.1, 0.15) is 5.56 Å². The van der Waals surface area contributed by atoms with Gasteiger partial charge in [-0.25, -0.2) is 8.42 Å². The normalized spacial score (nSPS) is 12.7. The Morgan fingerprint density at radius 3 is 2.54 bits per heavy atom. The minimum Gasteiger partial charge on any atom is -0.318 e. The van der Waals surface area contributed by atoms with Crippen LogP contribution in [0.5, 0.6) is 0 Å². The molecule has 0 aliphatic heterocycles. The number of amides is 1. The number of thiazole rings is 1. The maximum atomic E-state index is 12.2. The molecule has 0 atom stereocenters. The van der Waals surface area contributed by atoms with Gasteiger partial charge in [0.15, 0.2) is 14.6 Å². The predicted octanol–water partition coefficient (Wildman–Crippen LogP) is 3.59. The first-order valence-electron chi connectivity index (χ1n) is 7.52. The summed E-state index contributed by atoms with van der Waals surface area (Å²) >= 11 is 13.5. The fourth-order valence-corrected chi connectivity index (χ4v) is 5.27. The fourth-order valence-electron chi connectivity index (χ4n) is 2.48. The quantitative estimate of drug-likeness (QED) is 0.637. The van der Waals surface area contributed by atoms with Crippen molar-refractivity contribution in [2.45, 2.75) is 5.75 Å². The van der Waals surface area contributed by atoms with E-state index >= 15 is 0 Å². The van der Waals surface area contributed by atoms with Gasteiger partial charge in [0.25, 0.3) is 5.91 Å². The summed E-state index contributed by atoms with van der Waals surface area (Å²) in [5.74, 6) is -1.56. The summed E-state index contributed by atoms with van der Waals surface area (Å²) in [6, 6.07) is 12.2. The molecule has 0 aliphatic rings. The van der Waals surface area contributed by atoms with Crippen molar-refractivity contribution in [3.63, 3.8) is 0 Å². The molecule has 1 amide bonds. The molecule has 0 radical (unpaired) electrons. The Kier molecular flexibility index (Phi) is 5.53. The van der Waals surface area contributed by atoms with E-state index < -0.39 is 21.5 Å². The number of aromatic nitrogens is 1. The van der Waals surface area contributed by atoms with Gasteiger partial charge < -0.3 is 4.57 Å². The van der Waals surface area contributed by atoms with Crippen LogP contribution in [0.4, 0.5) is 0 Å². The Bertz CT molecular complexity index is 1150. The molecule has 0 fully saturated rings. The van der Waals surface area contributed by atoms with Gasteiger partial charge in [-0.2, -0.15) is 4.99 Å². The van der Waals surface area contributed by atoms with Crippen LogP contribution in [0.3, 0.4) is 0 Å². The van der Waals surface area contributed by atoms with E-state index in [1.54, 1.807) is 54.1 Å². The van der Waals surface area contributed by atoms with Gasteiger partial charge in [0, 0.05) is 7.05 Å². The molecule has 136 valence electrons. The third-order valence-electron chi connectivity index (χ3n) is 3.65. The summed E-state index contributed by atoms with van der Waals surface area (Å²) in [7, 11) is -1.91. The summed E-state index contributed by atoms with van der Waals surface area (Å²) in [5, 5.41) is 0.768. The molecule has 1 heterocycles. The highest BCUT2D eigenvalue weighted by atomic mass is 35.5. The lowest BCUT2D eigenvalue weighted by Crippen LogP contribution is -2.20. The maximum absolute atomic E-state index is 12.2. The van der Waals surface area contributed by atoms with Crippen LogP contribution < -0.4 is 4.80 Å². The van der Waals surface area contributed by atoms with Gasteiger partial charge in [-0.05, 0) is 17.7 Å². The third kappa shape index (κ3) is 4.17. The summed E-state index contributed by atoms with van der Waals surface area (Å²) < 4.78 is 26.9. The number of rotatable bonds is 4. The number of fused-ring (bicyclic) bond motifs is 1. The lowest BCUT2D eigenvalue weighted by Gasteiger charge is -2.02. The minimum atomic E-state index is -3.61. The largest absolute Gasteiger partial charge is 0.318 e. The molecule has 9 heteroatoms. The molecule has 0 bridgehead atoms. The van der Waals surface area contributed by atoms with E-state index in [0.717, 1.165) is 4.70 Å². The van der Waals surface area contributed by atoms with Crippen LogP contribution in [0, 0.1) is 0 Å². The van der Waals surface area contributed by atoms with Crippen LogP contribution in [0.15, 0.2) is 47.5 Å². The molecule has 0 spiro atoms. The third-order valence-corrected chi connectivity index (χ3v) is 7.00. The first-order valence-corrected chi connectivity index (χ1v) is 10.9. The number of aryl methyl sites for hydroxylation is 1. The molecule has 0 saturated heterocycles. The van der Waals surface area contributed by atoms with Crippen LogP contribution in [-0.4, -0.2) is 24.6 Å². The van der Waals surface area contributed by atoms with Crippen LogP contribution in [0.2, 0.25) is 10.0 Å². The number of carbonyl (C=O) groups excluding carboxylic acids is 1. The Morgan fingerprint density at radius 1 is 1.15 bits per heavy atom. The van der Waals surface area contributed by atoms with E-state index in [4.69, 9.17) is 23.2 Å². The van der Waals surface area contributed by atoms with Crippen molar-refractivity contribution in [1.82, 2.24) is 4.57 Å². The molecule has 3 rings (SSSR count). The van der Waals surface area contributed by atoms with Crippen molar-refractivity contribution in [1.29, 1.82) is 0 Å². The summed E-state index contributed by atoms with van der Waals surface area (Å²) in [6.45, 7) is 0. The average molecular weight is 429 g/mol.